The molecule has 0 unspecified atom stereocenters. The molecule has 1 aliphatic heterocycles. The number of rotatable bonds is 5. The Morgan fingerprint density at radius 1 is 0.909 bits per heavy atom. The molecule has 0 N–H and O–H groups in total. The van der Waals surface area contributed by atoms with Crippen LogP contribution < -0.4 is 9.47 Å². The number of benzene rings is 2. The minimum atomic E-state index is -3.63. The molecule has 0 fully saturated rings. The molecular formula is C16H16O5S. The van der Waals surface area contributed by atoms with Gasteiger partial charge in [-0.3, -0.25) is 4.18 Å². The lowest BCUT2D eigenvalue weighted by atomic mass is 10.2. The molecule has 1 heterocycles. The summed E-state index contributed by atoms with van der Waals surface area (Å²) in [4.78, 5) is 0. The first kappa shape index (κ1) is 14.9. The minimum Gasteiger partial charge on any atom is -0.486 e. The van der Waals surface area contributed by atoms with E-state index >= 15 is 0 Å². The summed E-state index contributed by atoms with van der Waals surface area (Å²) in [6, 6.07) is 14.2. The molecule has 2 aromatic carbocycles. The van der Waals surface area contributed by atoms with Crippen LogP contribution in [0.15, 0.2) is 48.5 Å². The van der Waals surface area contributed by atoms with Gasteiger partial charge in [-0.1, -0.05) is 36.4 Å². The van der Waals surface area contributed by atoms with Crippen molar-refractivity contribution in [1.29, 1.82) is 0 Å². The second-order valence-corrected chi connectivity index (χ2v) is 6.57. The van der Waals surface area contributed by atoms with Crippen molar-refractivity contribution in [3.63, 3.8) is 0 Å². The summed E-state index contributed by atoms with van der Waals surface area (Å²) in [6.45, 7) is 0.990. The van der Waals surface area contributed by atoms with Crippen LogP contribution >= 0.6 is 0 Å². The molecule has 0 bridgehead atoms. The van der Waals surface area contributed by atoms with Crippen LogP contribution in [0.4, 0.5) is 0 Å². The fraction of sp³-hybridized carbons (Fsp3) is 0.250. The van der Waals surface area contributed by atoms with Crippen molar-refractivity contribution in [2.24, 2.45) is 0 Å². The van der Waals surface area contributed by atoms with E-state index in [2.05, 4.69) is 0 Å². The lowest BCUT2D eigenvalue weighted by Gasteiger charge is -2.18. The summed E-state index contributed by atoms with van der Waals surface area (Å²) in [5.41, 5.74) is 1.42. The molecule has 2 aromatic rings. The zero-order valence-electron chi connectivity index (χ0n) is 11.9. The molecule has 1 aliphatic rings. The Balaban J connectivity index is 1.64. The Kier molecular flexibility index (Phi) is 4.31. The molecule has 0 amide bonds. The summed E-state index contributed by atoms with van der Waals surface area (Å²) >= 11 is 0. The minimum absolute atomic E-state index is 0.0220. The molecule has 0 radical (unpaired) electrons. The second kappa shape index (κ2) is 6.37. The van der Waals surface area contributed by atoms with Gasteiger partial charge in [0.1, 0.15) is 19.0 Å². The lowest BCUT2D eigenvalue weighted by Crippen LogP contribution is -2.15. The van der Waals surface area contributed by atoms with Gasteiger partial charge in [0.25, 0.3) is 10.1 Å². The van der Waals surface area contributed by atoms with E-state index in [1.165, 1.54) is 0 Å². The van der Waals surface area contributed by atoms with Crippen LogP contribution in [0.3, 0.4) is 0 Å². The van der Waals surface area contributed by atoms with Gasteiger partial charge in [0, 0.05) is 0 Å². The van der Waals surface area contributed by atoms with Crippen LogP contribution in [0.5, 0.6) is 11.5 Å². The summed E-state index contributed by atoms with van der Waals surface area (Å²) in [6.07, 6.45) is 0. The Morgan fingerprint density at radius 2 is 1.64 bits per heavy atom. The third kappa shape index (κ3) is 3.78. The van der Waals surface area contributed by atoms with Gasteiger partial charge in [0.15, 0.2) is 11.5 Å². The fourth-order valence-corrected chi connectivity index (χ4v) is 3.16. The van der Waals surface area contributed by atoms with E-state index < -0.39 is 10.1 Å². The Labute approximate surface area is 129 Å². The maximum absolute atomic E-state index is 12.0. The zero-order chi connectivity index (χ0) is 15.4. The summed E-state index contributed by atoms with van der Waals surface area (Å²) in [5, 5.41) is 0. The highest BCUT2D eigenvalue weighted by Crippen LogP contribution is 2.31. The Bertz CT molecular complexity index is 740. The molecule has 0 saturated heterocycles. The number of hydrogen-bond donors (Lipinski definition) is 0. The first-order valence-corrected chi connectivity index (χ1v) is 8.50. The van der Waals surface area contributed by atoms with Crippen molar-refractivity contribution < 1.29 is 22.1 Å². The van der Waals surface area contributed by atoms with Crippen LogP contribution in [-0.4, -0.2) is 21.6 Å². The lowest BCUT2D eigenvalue weighted by molar-refractivity contribution is 0.171. The van der Waals surface area contributed by atoms with E-state index in [0.29, 0.717) is 30.3 Å². The molecule has 6 heteroatoms. The van der Waals surface area contributed by atoms with Gasteiger partial charge in [-0.25, -0.2) is 0 Å². The molecule has 0 atom stereocenters. The average molecular weight is 320 g/mol. The van der Waals surface area contributed by atoms with Crippen molar-refractivity contribution in [3.05, 3.63) is 59.7 Å². The van der Waals surface area contributed by atoms with Gasteiger partial charge in [0.05, 0.1) is 6.61 Å². The first-order valence-electron chi connectivity index (χ1n) is 6.92. The van der Waals surface area contributed by atoms with E-state index in [1.807, 2.05) is 6.07 Å². The van der Waals surface area contributed by atoms with Crippen LogP contribution in [0.2, 0.25) is 0 Å². The van der Waals surface area contributed by atoms with E-state index in [9.17, 15) is 8.42 Å². The van der Waals surface area contributed by atoms with Crippen molar-refractivity contribution >= 4 is 10.1 Å². The van der Waals surface area contributed by atoms with Crippen LogP contribution in [0, 0.1) is 0 Å². The van der Waals surface area contributed by atoms with Gasteiger partial charge in [-0.2, -0.15) is 8.42 Å². The highest BCUT2D eigenvalue weighted by Gasteiger charge is 2.15. The number of hydrogen-bond acceptors (Lipinski definition) is 5. The van der Waals surface area contributed by atoms with E-state index in [4.69, 9.17) is 13.7 Å². The third-order valence-electron chi connectivity index (χ3n) is 3.20. The maximum atomic E-state index is 12.0. The third-order valence-corrected chi connectivity index (χ3v) is 4.36. The quantitative estimate of drug-likeness (QED) is 0.792. The summed E-state index contributed by atoms with van der Waals surface area (Å²) < 4.78 is 39.9. The van der Waals surface area contributed by atoms with E-state index in [1.54, 1.807) is 42.5 Å². The Hall–Kier alpha value is -2.05. The van der Waals surface area contributed by atoms with E-state index in [0.717, 1.165) is 5.56 Å². The average Bonchev–Trinajstić information content (AvgIpc) is 2.53. The van der Waals surface area contributed by atoms with Crippen LogP contribution in [0.25, 0.3) is 0 Å². The van der Waals surface area contributed by atoms with Crippen molar-refractivity contribution in [2.75, 3.05) is 13.2 Å². The van der Waals surface area contributed by atoms with Gasteiger partial charge < -0.3 is 9.47 Å². The van der Waals surface area contributed by atoms with Crippen molar-refractivity contribution in [3.8, 4) is 11.5 Å². The molecular weight excluding hydrogens is 304 g/mol. The monoisotopic (exact) mass is 320 g/mol. The molecule has 0 saturated carbocycles. The predicted octanol–water partition coefficient (Wildman–Crippen LogP) is 2.50. The molecule has 5 nitrogen and oxygen atoms in total. The Morgan fingerprint density at radius 3 is 2.41 bits per heavy atom. The smallest absolute Gasteiger partial charge is 0.271 e. The highest BCUT2D eigenvalue weighted by atomic mass is 32.2. The number of fused-ring (bicyclic) bond motifs is 1. The first-order chi connectivity index (χ1) is 10.6. The second-order valence-electron chi connectivity index (χ2n) is 4.93. The largest absolute Gasteiger partial charge is 0.486 e. The van der Waals surface area contributed by atoms with Gasteiger partial charge in [-0.15, -0.1) is 0 Å². The highest BCUT2D eigenvalue weighted by molar-refractivity contribution is 7.85. The molecule has 0 aliphatic carbocycles. The zero-order valence-corrected chi connectivity index (χ0v) is 12.7. The fourth-order valence-electron chi connectivity index (χ4n) is 2.16. The van der Waals surface area contributed by atoms with Crippen molar-refractivity contribution in [2.45, 2.75) is 12.4 Å². The maximum Gasteiger partial charge on any atom is 0.271 e. The molecule has 3 rings (SSSR count). The van der Waals surface area contributed by atoms with Gasteiger partial charge in [-0.05, 0) is 23.3 Å². The summed E-state index contributed by atoms with van der Waals surface area (Å²) in [7, 11) is -3.63. The van der Waals surface area contributed by atoms with Crippen molar-refractivity contribution in [1.82, 2.24) is 0 Å². The molecule has 116 valence electrons. The molecule has 0 aromatic heterocycles. The SMILES string of the molecule is O=S(=O)(Cc1ccccc1)OCc1ccc2c(c1)OCCO2. The van der Waals surface area contributed by atoms with Gasteiger partial charge in [0.2, 0.25) is 0 Å². The molecule has 0 spiro atoms. The predicted molar refractivity (Wildman–Crippen MR) is 81.3 cm³/mol. The van der Waals surface area contributed by atoms with E-state index in [-0.39, 0.29) is 12.4 Å². The summed E-state index contributed by atoms with van der Waals surface area (Å²) in [5.74, 6) is 1.15. The standard InChI is InChI=1S/C16H16O5S/c17-22(18,12-13-4-2-1-3-5-13)21-11-14-6-7-15-16(10-14)20-9-8-19-15/h1-7,10H,8-9,11-12H2. The number of ether oxygens (including phenoxy) is 2. The normalized spacial score (nSPS) is 13.8. The molecule has 22 heavy (non-hydrogen) atoms. The van der Waals surface area contributed by atoms with Crippen LogP contribution in [0.1, 0.15) is 11.1 Å². The topological polar surface area (TPSA) is 61.8 Å². The van der Waals surface area contributed by atoms with Gasteiger partial charge >= 0.3 is 0 Å². The van der Waals surface area contributed by atoms with Crippen LogP contribution in [-0.2, 0) is 26.7 Å².